The van der Waals surface area contributed by atoms with E-state index in [-0.39, 0.29) is 0 Å². The first kappa shape index (κ1) is 21.6. The van der Waals surface area contributed by atoms with E-state index in [0.717, 1.165) is 30.3 Å². The van der Waals surface area contributed by atoms with E-state index in [0.29, 0.717) is 6.04 Å². The van der Waals surface area contributed by atoms with Crippen LogP contribution in [-0.2, 0) is 13.0 Å². The predicted molar refractivity (Wildman–Crippen MR) is 130 cm³/mol. The van der Waals surface area contributed by atoms with Crippen molar-refractivity contribution >= 4 is 28.7 Å². The highest BCUT2D eigenvalue weighted by atomic mass is 32.1. The van der Waals surface area contributed by atoms with Crippen molar-refractivity contribution in [2.24, 2.45) is 0 Å². The topological polar surface area (TPSA) is 18.5 Å². The van der Waals surface area contributed by atoms with Gasteiger partial charge in [-0.3, -0.25) is 0 Å². The smallest absolute Gasteiger partial charge is 0.173 e. The normalized spacial score (nSPS) is 14.3. The quantitative estimate of drug-likeness (QED) is 0.552. The molecular weight excluding hydrogens is 374 g/mol. The third-order valence-corrected chi connectivity index (χ3v) is 6.31. The Morgan fingerprint density at radius 3 is 2.72 bits per heavy atom. The molecule has 1 aliphatic rings. The molecule has 0 fully saturated rings. The van der Waals surface area contributed by atoms with E-state index in [2.05, 4.69) is 85.3 Å². The number of hydrogen-bond acceptors (Lipinski definition) is 2. The van der Waals surface area contributed by atoms with Crippen LogP contribution in [0.2, 0.25) is 0 Å². The van der Waals surface area contributed by atoms with Gasteiger partial charge in [-0.2, -0.15) is 0 Å². The number of para-hydroxylation sites is 1. The van der Waals surface area contributed by atoms with Crippen molar-refractivity contribution in [2.75, 3.05) is 23.3 Å². The number of nitrogens with zero attached hydrogens (tertiary/aromatic N) is 2. The summed E-state index contributed by atoms with van der Waals surface area (Å²) in [6.07, 6.45) is 4.68. The monoisotopic (exact) mass is 409 g/mol. The van der Waals surface area contributed by atoms with E-state index in [1.807, 2.05) is 0 Å². The summed E-state index contributed by atoms with van der Waals surface area (Å²) in [4.78, 5) is 4.87. The Balaban J connectivity index is 1.78. The molecule has 0 aliphatic carbocycles. The first-order chi connectivity index (χ1) is 14.0. The lowest BCUT2D eigenvalue weighted by atomic mass is 9.98. The van der Waals surface area contributed by atoms with Crippen molar-refractivity contribution in [3.63, 3.8) is 0 Å². The number of hydrogen-bond donors (Lipinski definition) is 1. The summed E-state index contributed by atoms with van der Waals surface area (Å²) in [7, 11) is 0. The molecule has 0 saturated carbocycles. The maximum Gasteiger partial charge on any atom is 0.173 e. The van der Waals surface area contributed by atoms with Gasteiger partial charge in [0.25, 0.3) is 0 Å². The zero-order chi connectivity index (χ0) is 20.8. The fourth-order valence-electron chi connectivity index (χ4n) is 4.07. The van der Waals surface area contributed by atoms with Crippen LogP contribution in [0.1, 0.15) is 56.7 Å². The molecule has 1 unspecified atom stereocenters. The van der Waals surface area contributed by atoms with E-state index >= 15 is 0 Å². The third-order valence-electron chi connectivity index (χ3n) is 5.98. The summed E-state index contributed by atoms with van der Waals surface area (Å²) >= 11 is 5.84. The average Bonchev–Trinajstić information content (AvgIpc) is 2.73. The molecule has 1 aliphatic heterocycles. The first-order valence-corrected chi connectivity index (χ1v) is 11.4. The van der Waals surface area contributed by atoms with Crippen LogP contribution in [-0.4, -0.2) is 29.1 Å². The van der Waals surface area contributed by atoms with Gasteiger partial charge in [0.05, 0.1) is 0 Å². The summed E-state index contributed by atoms with van der Waals surface area (Å²) in [6.45, 7) is 12.0. The van der Waals surface area contributed by atoms with Crippen LogP contribution in [0.15, 0.2) is 42.5 Å². The minimum Gasteiger partial charge on any atom is -0.371 e. The SMILES string of the molecule is CCCN1CCCc2cc(CN(C(=S)Nc3ccccc3C)C(C)CC)ccc21. The number of anilines is 2. The van der Waals surface area contributed by atoms with Crippen molar-refractivity contribution in [2.45, 2.75) is 66.0 Å². The van der Waals surface area contributed by atoms with E-state index in [9.17, 15) is 0 Å². The van der Waals surface area contributed by atoms with Crippen LogP contribution in [0.25, 0.3) is 0 Å². The van der Waals surface area contributed by atoms with E-state index < -0.39 is 0 Å². The number of thiocarbonyl (C=S) groups is 1. The summed E-state index contributed by atoms with van der Waals surface area (Å²) < 4.78 is 0. The van der Waals surface area contributed by atoms with Gasteiger partial charge in [-0.05, 0) is 80.6 Å². The predicted octanol–water partition coefficient (Wildman–Crippen LogP) is 6.16. The molecule has 4 heteroatoms. The second-order valence-electron chi connectivity index (χ2n) is 8.18. The van der Waals surface area contributed by atoms with Crippen LogP contribution >= 0.6 is 12.2 Å². The minimum absolute atomic E-state index is 0.381. The van der Waals surface area contributed by atoms with Gasteiger partial charge in [-0.15, -0.1) is 0 Å². The molecule has 3 nitrogen and oxygen atoms in total. The molecule has 0 amide bonds. The van der Waals surface area contributed by atoms with Gasteiger partial charge >= 0.3 is 0 Å². The Bertz CT molecular complexity index is 833. The highest BCUT2D eigenvalue weighted by molar-refractivity contribution is 7.80. The van der Waals surface area contributed by atoms with Gasteiger partial charge in [0.2, 0.25) is 0 Å². The molecule has 1 heterocycles. The lowest BCUT2D eigenvalue weighted by Gasteiger charge is -2.34. The van der Waals surface area contributed by atoms with Gasteiger partial charge in [0, 0.05) is 37.1 Å². The molecule has 0 radical (unpaired) electrons. The highest BCUT2D eigenvalue weighted by Gasteiger charge is 2.20. The Hall–Kier alpha value is -2.07. The standard InChI is InChI=1S/C25H35N3S/c1-5-15-27-16-9-11-22-17-21(13-14-24(22)27)18-28(20(4)6-2)25(29)26-23-12-8-7-10-19(23)3/h7-8,10,12-14,17,20H,5-6,9,11,15-16,18H2,1-4H3,(H,26,29). The summed E-state index contributed by atoms with van der Waals surface area (Å²) in [5, 5.41) is 4.29. The molecule has 0 bridgehead atoms. The minimum atomic E-state index is 0.381. The number of fused-ring (bicyclic) bond motifs is 1. The molecule has 3 rings (SSSR count). The molecule has 156 valence electrons. The maximum atomic E-state index is 5.84. The number of benzene rings is 2. The molecule has 0 saturated heterocycles. The van der Waals surface area contributed by atoms with Crippen LogP contribution in [0, 0.1) is 6.92 Å². The van der Waals surface area contributed by atoms with Crippen LogP contribution in [0.4, 0.5) is 11.4 Å². The van der Waals surface area contributed by atoms with Gasteiger partial charge in [0.15, 0.2) is 5.11 Å². The molecule has 29 heavy (non-hydrogen) atoms. The second kappa shape index (κ2) is 10.1. The van der Waals surface area contributed by atoms with E-state index in [1.54, 1.807) is 0 Å². The van der Waals surface area contributed by atoms with Gasteiger partial charge < -0.3 is 15.1 Å². The highest BCUT2D eigenvalue weighted by Crippen LogP contribution is 2.29. The van der Waals surface area contributed by atoms with Crippen molar-refractivity contribution in [1.82, 2.24) is 4.90 Å². The van der Waals surface area contributed by atoms with Crippen molar-refractivity contribution in [1.29, 1.82) is 0 Å². The van der Waals surface area contributed by atoms with E-state index in [4.69, 9.17) is 12.2 Å². The average molecular weight is 410 g/mol. The fraction of sp³-hybridized carbons (Fsp3) is 0.480. The Kier molecular flexibility index (Phi) is 7.54. The number of rotatable bonds is 7. The third kappa shape index (κ3) is 5.30. The number of nitrogens with one attached hydrogen (secondary N) is 1. The first-order valence-electron chi connectivity index (χ1n) is 11.0. The zero-order valence-electron chi connectivity index (χ0n) is 18.4. The Morgan fingerprint density at radius 2 is 2.00 bits per heavy atom. The van der Waals surface area contributed by atoms with Crippen LogP contribution in [0.3, 0.4) is 0 Å². The second-order valence-corrected chi connectivity index (χ2v) is 8.57. The lowest BCUT2D eigenvalue weighted by molar-refractivity contribution is 0.319. The molecule has 2 aromatic rings. The molecule has 1 N–H and O–H groups in total. The molecular formula is C25H35N3S. The largest absolute Gasteiger partial charge is 0.371 e. The molecule has 1 atom stereocenters. The summed E-state index contributed by atoms with van der Waals surface area (Å²) in [5.41, 5.74) is 6.56. The maximum absolute atomic E-state index is 5.84. The number of aryl methyl sites for hydroxylation is 2. The fourth-order valence-corrected chi connectivity index (χ4v) is 4.43. The van der Waals surface area contributed by atoms with Crippen LogP contribution in [0.5, 0.6) is 0 Å². The molecule has 0 spiro atoms. The summed E-state index contributed by atoms with van der Waals surface area (Å²) in [6, 6.07) is 15.7. The Morgan fingerprint density at radius 1 is 1.21 bits per heavy atom. The lowest BCUT2D eigenvalue weighted by Crippen LogP contribution is -2.40. The van der Waals surface area contributed by atoms with Crippen molar-refractivity contribution < 1.29 is 0 Å². The molecule has 2 aromatic carbocycles. The Labute approximate surface area is 182 Å². The summed E-state index contributed by atoms with van der Waals surface area (Å²) in [5.74, 6) is 0. The zero-order valence-corrected chi connectivity index (χ0v) is 19.2. The van der Waals surface area contributed by atoms with Crippen LogP contribution < -0.4 is 10.2 Å². The van der Waals surface area contributed by atoms with Crippen molar-refractivity contribution in [3.8, 4) is 0 Å². The van der Waals surface area contributed by atoms with Gasteiger partial charge in [-0.1, -0.05) is 44.2 Å². The van der Waals surface area contributed by atoms with E-state index in [1.165, 1.54) is 48.2 Å². The van der Waals surface area contributed by atoms with Crippen molar-refractivity contribution in [3.05, 3.63) is 59.2 Å². The van der Waals surface area contributed by atoms with Gasteiger partial charge in [-0.25, -0.2) is 0 Å². The van der Waals surface area contributed by atoms with Gasteiger partial charge in [0.1, 0.15) is 0 Å². The molecule has 0 aromatic heterocycles.